The van der Waals surface area contributed by atoms with E-state index in [9.17, 15) is 0 Å². The maximum absolute atomic E-state index is 5.80. The molecular weight excluding hydrogens is 256 g/mol. The predicted octanol–water partition coefficient (Wildman–Crippen LogP) is 4.38. The first-order chi connectivity index (χ1) is 8.14. The number of allylic oxidation sites excluding steroid dienone is 1. The van der Waals surface area contributed by atoms with Crippen LogP contribution in [0.3, 0.4) is 0 Å². The fraction of sp³-hybridized carbons (Fsp3) is 0.714. The van der Waals surface area contributed by atoms with E-state index in [1.807, 2.05) is 6.08 Å². The largest absolute Gasteiger partial charge is 0.520 e. The summed E-state index contributed by atoms with van der Waals surface area (Å²) in [5.41, 5.74) is 3.37. The smallest absolute Gasteiger partial charge is 0.260 e. The van der Waals surface area contributed by atoms with E-state index in [1.54, 1.807) is 7.11 Å². The maximum Gasteiger partial charge on any atom is 0.260 e. The zero-order chi connectivity index (χ0) is 14.2. The van der Waals surface area contributed by atoms with Gasteiger partial charge in [-0.3, -0.25) is 0 Å². The fourth-order valence-electron chi connectivity index (χ4n) is 1.21. The summed E-state index contributed by atoms with van der Waals surface area (Å²) in [4.78, 5) is 0. The number of hydrogen-bond donors (Lipinski definition) is 0. The van der Waals surface area contributed by atoms with Gasteiger partial charge in [0.1, 0.15) is 8.07 Å². The van der Waals surface area contributed by atoms with Gasteiger partial charge >= 0.3 is 0 Å². The topological polar surface area (TPSA) is 18.5 Å². The molecule has 0 aromatic heterocycles. The zero-order valence-electron chi connectivity index (χ0n) is 13.0. The van der Waals surface area contributed by atoms with Crippen LogP contribution in [-0.2, 0) is 9.16 Å². The van der Waals surface area contributed by atoms with Crippen molar-refractivity contribution in [1.29, 1.82) is 0 Å². The van der Waals surface area contributed by atoms with Crippen molar-refractivity contribution in [3.05, 3.63) is 12.0 Å². The number of hydrogen-bond acceptors (Lipinski definition) is 2. The molecule has 0 radical (unpaired) electrons. The van der Waals surface area contributed by atoms with Crippen molar-refractivity contribution in [2.45, 2.75) is 58.5 Å². The predicted molar refractivity (Wildman–Crippen MR) is 84.5 cm³/mol. The Morgan fingerprint density at radius 2 is 1.72 bits per heavy atom. The SMILES string of the molecule is CO/C(=C/CCCC#C[Si](C)(C)C)O[Si](C)(C)C. The third-order valence-electron chi connectivity index (χ3n) is 1.89. The summed E-state index contributed by atoms with van der Waals surface area (Å²) in [7, 11) is -1.09. The van der Waals surface area contributed by atoms with Crippen molar-refractivity contribution in [3.63, 3.8) is 0 Å². The average Bonchev–Trinajstić information content (AvgIpc) is 2.18. The molecule has 0 aliphatic rings. The number of unbranched alkanes of at least 4 members (excludes halogenated alkanes) is 2. The normalized spacial score (nSPS) is 12.7. The van der Waals surface area contributed by atoms with Crippen LogP contribution in [0.15, 0.2) is 12.0 Å². The lowest BCUT2D eigenvalue weighted by Crippen LogP contribution is -2.25. The van der Waals surface area contributed by atoms with E-state index >= 15 is 0 Å². The van der Waals surface area contributed by atoms with E-state index in [0.717, 1.165) is 19.3 Å². The highest BCUT2D eigenvalue weighted by atomic mass is 28.4. The van der Waals surface area contributed by atoms with Crippen LogP contribution < -0.4 is 0 Å². The van der Waals surface area contributed by atoms with Crippen molar-refractivity contribution in [1.82, 2.24) is 0 Å². The van der Waals surface area contributed by atoms with Gasteiger partial charge in [-0.05, 0) is 38.6 Å². The highest BCUT2D eigenvalue weighted by Gasteiger charge is 2.17. The van der Waals surface area contributed by atoms with E-state index < -0.39 is 16.4 Å². The molecule has 0 saturated carbocycles. The minimum absolute atomic E-state index is 0.673. The highest BCUT2D eigenvalue weighted by Crippen LogP contribution is 2.12. The fourth-order valence-corrected chi connectivity index (χ4v) is 2.63. The van der Waals surface area contributed by atoms with Gasteiger partial charge in [0, 0.05) is 6.42 Å². The molecule has 0 fully saturated rings. The third-order valence-corrected chi connectivity index (χ3v) is 3.63. The molecule has 0 rings (SSSR count). The first-order valence-electron chi connectivity index (χ1n) is 6.57. The van der Waals surface area contributed by atoms with Crippen molar-refractivity contribution in [2.75, 3.05) is 7.11 Å². The standard InChI is InChI=1S/C14H28O2Si2/c1-15-14(16-18(5,6)7)12-10-8-9-11-13-17(2,3)4/h12H,8-10H2,1-7H3/b14-12-. The zero-order valence-corrected chi connectivity index (χ0v) is 15.0. The second-order valence-corrected chi connectivity index (χ2v) is 15.6. The Hall–Kier alpha value is -0.666. The molecule has 0 aliphatic carbocycles. The number of methoxy groups -OCH3 is 1. The van der Waals surface area contributed by atoms with Gasteiger partial charge in [-0.25, -0.2) is 0 Å². The van der Waals surface area contributed by atoms with Crippen LogP contribution in [0.5, 0.6) is 0 Å². The van der Waals surface area contributed by atoms with Crippen LogP contribution in [0.25, 0.3) is 0 Å². The summed E-state index contributed by atoms with van der Waals surface area (Å²) in [5.74, 6) is 3.95. The molecule has 2 nitrogen and oxygen atoms in total. The molecule has 0 bridgehead atoms. The van der Waals surface area contributed by atoms with E-state index in [2.05, 4.69) is 50.7 Å². The molecule has 4 heteroatoms. The van der Waals surface area contributed by atoms with Gasteiger partial charge in [-0.2, -0.15) is 0 Å². The van der Waals surface area contributed by atoms with Crippen LogP contribution >= 0.6 is 0 Å². The molecule has 0 unspecified atom stereocenters. The molecule has 0 amide bonds. The molecule has 0 N–H and O–H groups in total. The monoisotopic (exact) mass is 284 g/mol. The summed E-state index contributed by atoms with van der Waals surface area (Å²) < 4.78 is 11.0. The maximum atomic E-state index is 5.80. The lowest BCUT2D eigenvalue weighted by Gasteiger charge is -2.20. The molecule has 0 atom stereocenters. The van der Waals surface area contributed by atoms with Gasteiger partial charge < -0.3 is 9.16 Å². The van der Waals surface area contributed by atoms with E-state index in [4.69, 9.17) is 9.16 Å². The molecule has 18 heavy (non-hydrogen) atoms. The molecule has 0 aliphatic heterocycles. The number of rotatable bonds is 6. The third kappa shape index (κ3) is 11.8. The second kappa shape index (κ2) is 7.70. The van der Waals surface area contributed by atoms with Gasteiger partial charge in [-0.1, -0.05) is 19.6 Å². The van der Waals surface area contributed by atoms with Crippen molar-refractivity contribution in [2.24, 2.45) is 0 Å². The Morgan fingerprint density at radius 1 is 1.11 bits per heavy atom. The molecule has 0 spiro atoms. The Balaban J connectivity index is 4.02. The minimum atomic E-state index is -1.56. The van der Waals surface area contributed by atoms with Crippen LogP contribution in [0.1, 0.15) is 19.3 Å². The average molecular weight is 285 g/mol. The van der Waals surface area contributed by atoms with Crippen LogP contribution in [0.4, 0.5) is 0 Å². The molecular formula is C14H28O2Si2. The molecule has 104 valence electrons. The van der Waals surface area contributed by atoms with Crippen LogP contribution in [0.2, 0.25) is 39.3 Å². The van der Waals surface area contributed by atoms with E-state index in [-0.39, 0.29) is 0 Å². The first-order valence-corrected chi connectivity index (χ1v) is 13.5. The van der Waals surface area contributed by atoms with Crippen LogP contribution in [0, 0.1) is 11.5 Å². The number of ether oxygens (including phenoxy) is 1. The van der Waals surface area contributed by atoms with Gasteiger partial charge in [0.05, 0.1) is 7.11 Å². The summed E-state index contributed by atoms with van der Waals surface area (Å²) in [6, 6.07) is 0. The van der Waals surface area contributed by atoms with E-state index in [1.165, 1.54) is 0 Å². The van der Waals surface area contributed by atoms with Gasteiger partial charge in [0.2, 0.25) is 8.32 Å². The Kier molecular flexibility index (Phi) is 7.41. The first kappa shape index (κ1) is 17.3. The Morgan fingerprint density at radius 3 is 2.17 bits per heavy atom. The summed E-state index contributed by atoms with van der Waals surface area (Å²) >= 11 is 0. The van der Waals surface area contributed by atoms with Gasteiger partial charge in [-0.15, -0.1) is 11.5 Å². The van der Waals surface area contributed by atoms with Crippen molar-refractivity contribution in [3.8, 4) is 11.5 Å². The van der Waals surface area contributed by atoms with Crippen molar-refractivity contribution < 1.29 is 9.16 Å². The minimum Gasteiger partial charge on any atom is -0.520 e. The Bertz CT molecular complexity index is 324. The lowest BCUT2D eigenvalue weighted by atomic mass is 10.2. The van der Waals surface area contributed by atoms with Crippen molar-refractivity contribution >= 4 is 16.4 Å². The van der Waals surface area contributed by atoms with Gasteiger partial charge in [0.15, 0.2) is 0 Å². The second-order valence-electron chi connectivity index (χ2n) is 6.39. The summed E-state index contributed by atoms with van der Waals surface area (Å²) in [6.45, 7) is 13.3. The quantitative estimate of drug-likeness (QED) is 0.312. The van der Waals surface area contributed by atoms with Gasteiger partial charge in [0.25, 0.3) is 5.95 Å². The highest BCUT2D eigenvalue weighted by molar-refractivity contribution is 6.83. The summed E-state index contributed by atoms with van der Waals surface area (Å²) in [5, 5.41) is 0. The van der Waals surface area contributed by atoms with E-state index in [0.29, 0.717) is 5.95 Å². The summed E-state index contributed by atoms with van der Waals surface area (Å²) in [6.07, 6.45) is 5.03. The molecule has 0 heterocycles. The molecule has 0 saturated heterocycles. The lowest BCUT2D eigenvalue weighted by molar-refractivity contribution is 0.145. The molecule has 0 aromatic rings. The Labute approximate surface area is 115 Å². The molecule has 0 aromatic carbocycles. The van der Waals surface area contributed by atoms with Crippen LogP contribution in [-0.4, -0.2) is 23.5 Å².